The quantitative estimate of drug-likeness (QED) is 0.460. The van der Waals surface area contributed by atoms with Gasteiger partial charge in [0, 0.05) is 0 Å². The molecule has 93 valence electrons. The zero-order valence-electron chi connectivity index (χ0n) is 11.7. The summed E-state index contributed by atoms with van der Waals surface area (Å²) in [5.74, 6) is 0.833. The van der Waals surface area contributed by atoms with Crippen molar-refractivity contribution in [2.24, 2.45) is 5.92 Å². The summed E-state index contributed by atoms with van der Waals surface area (Å²) in [5.41, 5.74) is 2.97. The molecule has 0 heteroatoms. The van der Waals surface area contributed by atoms with Crippen molar-refractivity contribution in [3.05, 3.63) is 30.2 Å². The molecule has 0 aliphatic heterocycles. The van der Waals surface area contributed by atoms with Gasteiger partial charge in [-0.1, -0.05) is 50.0 Å². The summed E-state index contributed by atoms with van der Waals surface area (Å²) < 4.78 is 0. The fraction of sp³-hybridized carbons (Fsp3) is 0.688. The van der Waals surface area contributed by atoms with Crippen molar-refractivity contribution in [1.29, 1.82) is 0 Å². The van der Waals surface area contributed by atoms with Crippen LogP contribution in [-0.4, -0.2) is 0 Å². The monoisotopic (exact) mass is 221 g/mol. The van der Waals surface area contributed by atoms with E-state index in [0.717, 1.165) is 12.3 Å². The lowest BCUT2D eigenvalue weighted by Gasteiger charge is -2.07. The number of allylic oxidation sites excluding steroid dienone is 4. The second-order valence-electron chi connectivity index (χ2n) is 5.20. The van der Waals surface area contributed by atoms with Gasteiger partial charge in [0.2, 0.25) is 0 Å². The Bertz CT molecular complexity index is 216. The number of hydrogen-bond acceptors (Lipinski definition) is 0. The van der Waals surface area contributed by atoms with Gasteiger partial charge >= 0.3 is 0 Å². The topological polar surface area (TPSA) is 0 Å². The van der Waals surface area contributed by atoms with Crippen molar-refractivity contribution >= 4 is 0 Å². The molecule has 0 aromatic rings. The Morgan fingerprint density at radius 2 is 1.75 bits per heavy atom. The van der Waals surface area contributed by atoms with Crippen LogP contribution in [0.25, 0.3) is 0 Å². The van der Waals surface area contributed by atoms with E-state index in [0.29, 0.717) is 0 Å². The molecule has 0 saturated heterocycles. The van der Waals surface area contributed by atoms with E-state index in [1.54, 1.807) is 5.57 Å². The third kappa shape index (κ3) is 10.0. The van der Waals surface area contributed by atoms with Crippen LogP contribution in [0.15, 0.2) is 23.3 Å². The minimum Gasteiger partial charge on any atom is -0.0856 e. The van der Waals surface area contributed by atoms with Crippen LogP contribution >= 0.6 is 0 Å². The Balaban J connectivity index is 3.66. The van der Waals surface area contributed by atoms with Crippen molar-refractivity contribution in [2.45, 2.75) is 66.2 Å². The molecule has 1 atom stereocenters. The minimum absolute atomic E-state index is 0.833. The van der Waals surface area contributed by atoms with Gasteiger partial charge in [-0.2, -0.15) is 0 Å². The molecule has 0 N–H and O–H groups in total. The van der Waals surface area contributed by atoms with Crippen LogP contribution in [-0.2, 0) is 0 Å². The molecule has 0 aliphatic carbocycles. The van der Waals surface area contributed by atoms with Crippen molar-refractivity contribution in [1.82, 2.24) is 0 Å². The molecule has 0 nitrogen and oxygen atoms in total. The smallest absolute Gasteiger partial charge is 0.0288 e. The molecule has 0 amide bonds. The first kappa shape index (κ1) is 15.5. The molecular weight excluding hydrogens is 192 g/mol. The summed E-state index contributed by atoms with van der Waals surface area (Å²) in [5, 5.41) is 0. The van der Waals surface area contributed by atoms with Crippen LogP contribution in [0.4, 0.5) is 0 Å². The largest absolute Gasteiger partial charge is 0.0856 e. The van der Waals surface area contributed by atoms with Crippen LogP contribution in [0, 0.1) is 12.8 Å². The van der Waals surface area contributed by atoms with E-state index in [9.17, 15) is 0 Å². The Hall–Kier alpha value is -0.520. The molecule has 1 radical (unpaired) electrons. The van der Waals surface area contributed by atoms with Gasteiger partial charge in [-0.25, -0.2) is 0 Å². The highest BCUT2D eigenvalue weighted by molar-refractivity contribution is 5.02. The predicted octanol–water partition coefficient (Wildman–Crippen LogP) is 5.71. The molecule has 0 bridgehead atoms. The van der Waals surface area contributed by atoms with Gasteiger partial charge in [-0.05, 0) is 52.4 Å². The Morgan fingerprint density at radius 3 is 2.31 bits per heavy atom. The van der Waals surface area contributed by atoms with Gasteiger partial charge in [0.1, 0.15) is 0 Å². The average Bonchev–Trinajstić information content (AvgIpc) is 2.17. The third-order valence-corrected chi connectivity index (χ3v) is 2.94. The lowest BCUT2D eigenvalue weighted by molar-refractivity contribution is 0.500. The van der Waals surface area contributed by atoms with Crippen LogP contribution in [0.1, 0.15) is 66.2 Å². The van der Waals surface area contributed by atoms with Gasteiger partial charge in [-0.3, -0.25) is 0 Å². The summed E-state index contributed by atoms with van der Waals surface area (Å²) in [6.45, 7) is 12.8. The van der Waals surface area contributed by atoms with Gasteiger partial charge < -0.3 is 0 Å². The van der Waals surface area contributed by atoms with E-state index < -0.39 is 0 Å². The second-order valence-corrected chi connectivity index (χ2v) is 5.20. The van der Waals surface area contributed by atoms with E-state index >= 15 is 0 Å². The number of hydrogen-bond donors (Lipinski definition) is 0. The molecule has 0 heterocycles. The van der Waals surface area contributed by atoms with Crippen molar-refractivity contribution in [3.8, 4) is 0 Å². The first-order chi connectivity index (χ1) is 7.56. The van der Waals surface area contributed by atoms with Crippen LogP contribution < -0.4 is 0 Å². The summed E-state index contributed by atoms with van der Waals surface area (Å²) >= 11 is 0. The van der Waals surface area contributed by atoms with Crippen molar-refractivity contribution in [3.63, 3.8) is 0 Å². The van der Waals surface area contributed by atoms with Crippen molar-refractivity contribution in [2.75, 3.05) is 0 Å². The first-order valence-corrected chi connectivity index (χ1v) is 6.64. The third-order valence-electron chi connectivity index (χ3n) is 2.94. The predicted molar refractivity (Wildman–Crippen MR) is 75.4 cm³/mol. The standard InChI is InChI=1S/C16H29/c1-6-9-15(4)12-8-13-16(5)11-7-10-14(2)3/h10,13,15H,1,6-9,11-12H2,2-5H3/b16-13+. The summed E-state index contributed by atoms with van der Waals surface area (Å²) in [6, 6.07) is 0. The van der Waals surface area contributed by atoms with Gasteiger partial charge in [0.25, 0.3) is 0 Å². The SMILES string of the molecule is [CH2]CCC(C)CC/C=C(\C)CCC=C(C)C. The average molecular weight is 221 g/mol. The normalized spacial score (nSPS) is 13.7. The molecule has 0 spiro atoms. The minimum atomic E-state index is 0.833. The van der Waals surface area contributed by atoms with Crippen LogP contribution in [0.2, 0.25) is 0 Å². The summed E-state index contributed by atoms with van der Waals surface area (Å²) in [7, 11) is 0. The van der Waals surface area contributed by atoms with E-state index in [-0.39, 0.29) is 0 Å². The maximum atomic E-state index is 3.90. The maximum absolute atomic E-state index is 3.90. The van der Waals surface area contributed by atoms with Crippen molar-refractivity contribution < 1.29 is 0 Å². The zero-order chi connectivity index (χ0) is 12.4. The van der Waals surface area contributed by atoms with Crippen LogP contribution in [0.3, 0.4) is 0 Å². The molecule has 16 heavy (non-hydrogen) atoms. The van der Waals surface area contributed by atoms with Gasteiger partial charge in [0.05, 0.1) is 0 Å². The van der Waals surface area contributed by atoms with E-state index in [2.05, 4.69) is 46.8 Å². The van der Waals surface area contributed by atoms with E-state index in [1.807, 2.05) is 0 Å². The lowest BCUT2D eigenvalue weighted by atomic mass is 9.99. The zero-order valence-corrected chi connectivity index (χ0v) is 11.7. The Kier molecular flexibility index (Phi) is 9.37. The fourth-order valence-electron chi connectivity index (χ4n) is 1.80. The highest BCUT2D eigenvalue weighted by Crippen LogP contribution is 2.14. The van der Waals surface area contributed by atoms with Gasteiger partial charge in [-0.15, -0.1) is 0 Å². The second kappa shape index (κ2) is 9.69. The van der Waals surface area contributed by atoms with E-state index in [4.69, 9.17) is 0 Å². The summed E-state index contributed by atoms with van der Waals surface area (Å²) in [4.78, 5) is 0. The molecule has 0 rings (SSSR count). The van der Waals surface area contributed by atoms with Gasteiger partial charge in [0.15, 0.2) is 0 Å². The Labute approximate surface area is 103 Å². The first-order valence-electron chi connectivity index (χ1n) is 6.64. The molecule has 0 fully saturated rings. The highest BCUT2D eigenvalue weighted by Gasteiger charge is 1.98. The summed E-state index contributed by atoms with van der Waals surface area (Å²) in [6.07, 6.45) is 12.0. The molecule has 0 aliphatic rings. The maximum Gasteiger partial charge on any atom is -0.0288 e. The molecule has 0 aromatic carbocycles. The lowest BCUT2D eigenvalue weighted by Crippen LogP contribution is -1.92. The Morgan fingerprint density at radius 1 is 1.06 bits per heavy atom. The molecule has 0 aromatic heterocycles. The highest BCUT2D eigenvalue weighted by atomic mass is 14.0. The fourth-order valence-corrected chi connectivity index (χ4v) is 1.80. The van der Waals surface area contributed by atoms with E-state index in [1.165, 1.54) is 37.7 Å². The van der Waals surface area contributed by atoms with Crippen LogP contribution in [0.5, 0.6) is 0 Å². The molecule has 0 saturated carbocycles. The number of rotatable bonds is 8. The molecular formula is C16H29. The molecule has 1 unspecified atom stereocenters.